The highest BCUT2D eigenvalue weighted by atomic mass is 127. The summed E-state index contributed by atoms with van der Waals surface area (Å²) in [5.41, 5.74) is 12.7. The fraction of sp³-hybridized carbons (Fsp3) is 0.345. The van der Waals surface area contributed by atoms with Crippen LogP contribution < -0.4 is 15.2 Å². The van der Waals surface area contributed by atoms with Crippen LogP contribution in [0.5, 0.6) is 11.5 Å². The zero-order valence-corrected chi connectivity index (χ0v) is 41.9. The van der Waals surface area contributed by atoms with E-state index in [0.717, 1.165) is 84.8 Å². The Kier molecular flexibility index (Phi) is 24.9. The van der Waals surface area contributed by atoms with E-state index in [1.54, 1.807) is 13.8 Å². The molecule has 0 saturated carbocycles. The van der Waals surface area contributed by atoms with Gasteiger partial charge in [0.05, 0.1) is 36.5 Å². The van der Waals surface area contributed by atoms with Crippen molar-refractivity contribution in [3.05, 3.63) is 135 Å². The molecular formula is C55H58BF6INO7. The number of aryl methyl sites for hydroxylation is 2. The quantitative estimate of drug-likeness (QED) is 0.0396. The average Bonchev–Trinajstić information content (AvgIpc) is 3.33. The van der Waals surface area contributed by atoms with Gasteiger partial charge in [0.15, 0.2) is 5.78 Å². The van der Waals surface area contributed by atoms with E-state index in [-0.39, 0.29) is 81.5 Å². The Balaban J connectivity index is 0.000000518. The van der Waals surface area contributed by atoms with Gasteiger partial charge < -0.3 is 30.5 Å². The number of hydrogen-bond acceptors (Lipinski definition) is 7. The highest BCUT2D eigenvalue weighted by Crippen LogP contribution is 2.40. The third kappa shape index (κ3) is 18.9. The second kappa shape index (κ2) is 29.9. The minimum absolute atomic E-state index is 0. The van der Waals surface area contributed by atoms with Gasteiger partial charge in [-0.05, 0) is 138 Å². The molecule has 0 saturated heterocycles. The SMILES string of the molecule is C#CC#CC#CC.I.Nc1cccc2c1C[C@H](O)CC2.O=C(/C=C1\CCOc2cc(C(F)(F)F)ccc21)Cc1cccc2c1CC(O)CC2.O=C(O)/C=C1\CCOc2cc(C(F)(F)F)ccc21.[2H]CC.[3H]C.[B]. The summed E-state index contributed by atoms with van der Waals surface area (Å²) in [6.45, 7) is 4.42. The zero-order chi connectivity index (χ0) is 52.7. The van der Waals surface area contributed by atoms with Crippen LogP contribution in [-0.4, -0.2) is 60.9 Å². The van der Waals surface area contributed by atoms with Crippen LogP contribution in [-0.2, 0) is 54.0 Å². The number of fused-ring (bicyclic) bond motifs is 4. The van der Waals surface area contributed by atoms with Crippen LogP contribution in [0.4, 0.5) is 32.0 Å². The van der Waals surface area contributed by atoms with Gasteiger partial charge in [-0.15, -0.1) is 30.4 Å². The largest absolute Gasteiger partial charge is 0.493 e. The average molecular weight is 1100 g/mol. The number of carbonyl (C=O) groups excluding carboxylic acids is 1. The first kappa shape index (κ1) is 59.2. The fourth-order valence-electron chi connectivity index (χ4n) is 7.80. The van der Waals surface area contributed by atoms with Gasteiger partial charge >= 0.3 is 18.3 Å². The maximum Gasteiger partial charge on any atom is 0.416 e. The molecule has 2 heterocycles. The van der Waals surface area contributed by atoms with Crippen LogP contribution in [0.15, 0.2) is 84.9 Å². The van der Waals surface area contributed by atoms with Crippen molar-refractivity contribution in [1.82, 2.24) is 0 Å². The molecule has 2 atom stereocenters. The van der Waals surface area contributed by atoms with Crippen molar-refractivity contribution in [2.24, 2.45) is 0 Å². The molecule has 5 N–H and O–H groups in total. The molecule has 3 radical (unpaired) electrons. The number of terminal acetylenes is 1. The summed E-state index contributed by atoms with van der Waals surface area (Å²) in [7, 11) is 1.25. The summed E-state index contributed by atoms with van der Waals surface area (Å²) in [4.78, 5) is 23.3. The number of nitrogen functional groups attached to an aromatic ring is 1. The van der Waals surface area contributed by atoms with Gasteiger partial charge in [-0.25, -0.2) is 4.79 Å². The topological polar surface area (TPSA) is 139 Å². The van der Waals surface area contributed by atoms with Crippen molar-refractivity contribution in [3.63, 3.8) is 0 Å². The number of ether oxygens (including phenoxy) is 2. The predicted molar refractivity (Wildman–Crippen MR) is 278 cm³/mol. The summed E-state index contributed by atoms with van der Waals surface area (Å²) < 4.78 is 98.8. The summed E-state index contributed by atoms with van der Waals surface area (Å²) in [6, 6.07) is 18.3. The van der Waals surface area contributed by atoms with Gasteiger partial charge in [-0.3, -0.25) is 4.79 Å². The molecule has 1 unspecified atom stereocenters. The smallest absolute Gasteiger partial charge is 0.416 e. The molecule has 0 spiro atoms. The minimum Gasteiger partial charge on any atom is -0.493 e. The van der Waals surface area contributed by atoms with E-state index in [4.69, 9.17) is 29.5 Å². The monoisotopic (exact) mass is 1100 g/mol. The molecule has 0 amide bonds. The first-order valence-corrected chi connectivity index (χ1v) is 21.6. The molecule has 4 aromatic rings. The molecule has 0 bridgehead atoms. The molecule has 0 fully saturated rings. The lowest BCUT2D eigenvalue weighted by molar-refractivity contribution is -0.138. The second-order valence-electron chi connectivity index (χ2n) is 15.5. The number of aliphatic hydroxyl groups is 2. The lowest BCUT2D eigenvalue weighted by Gasteiger charge is -2.23. The summed E-state index contributed by atoms with van der Waals surface area (Å²) in [5, 5.41) is 28.1. The number of carboxylic acid groups (broad SMARTS) is 1. The number of rotatable bonds is 4. The summed E-state index contributed by atoms with van der Waals surface area (Å²) in [6.07, 6.45) is 3.51. The molecule has 2 aliphatic heterocycles. The Morgan fingerprint density at radius 3 is 1.76 bits per heavy atom. The van der Waals surface area contributed by atoms with Crippen LogP contribution in [0.3, 0.4) is 0 Å². The van der Waals surface area contributed by atoms with Gasteiger partial charge in [0.1, 0.15) is 11.5 Å². The number of allylic oxidation sites excluding steroid dienone is 1. The molecular weight excluding hydrogens is 1040 g/mol. The number of aliphatic carboxylic acids is 1. The molecule has 71 heavy (non-hydrogen) atoms. The number of aliphatic hydroxyl groups excluding tert-OH is 2. The Morgan fingerprint density at radius 1 is 0.803 bits per heavy atom. The van der Waals surface area contributed by atoms with Gasteiger partial charge in [-0.2, -0.15) is 26.3 Å². The van der Waals surface area contributed by atoms with Gasteiger partial charge in [0.25, 0.3) is 0 Å². The summed E-state index contributed by atoms with van der Waals surface area (Å²) in [5.74, 6) is 11.0. The van der Waals surface area contributed by atoms with Crippen LogP contribution in [0.2, 0.25) is 0 Å². The van der Waals surface area contributed by atoms with Crippen molar-refractivity contribution in [2.75, 3.05) is 18.9 Å². The molecule has 377 valence electrons. The van der Waals surface area contributed by atoms with Gasteiger partial charge in [0.2, 0.25) is 0 Å². The van der Waals surface area contributed by atoms with E-state index in [1.807, 2.05) is 30.3 Å². The van der Waals surface area contributed by atoms with Crippen LogP contribution >= 0.6 is 24.0 Å². The normalized spacial score (nSPS) is 16.9. The zero-order valence-electron chi connectivity index (χ0n) is 41.6. The third-order valence-corrected chi connectivity index (χ3v) is 10.9. The highest BCUT2D eigenvalue weighted by Gasteiger charge is 2.33. The predicted octanol–water partition coefficient (Wildman–Crippen LogP) is 11.2. The number of halogens is 7. The number of benzene rings is 4. The van der Waals surface area contributed by atoms with E-state index in [9.17, 15) is 46.1 Å². The van der Waals surface area contributed by atoms with E-state index in [2.05, 4.69) is 35.7 Å². The fourth-order valence-corrected chi connectivity index (χ4v) is 7.80. The van der Waals surface area contributed by atoms with Gasteiger partial charge in [-0.1, -0.05) is 69.6 Å². The second-order valence-corrected chi connectivity index (χ2v) is 15.5. The van der Waals surface area contributed by atoms with E-state index >= 15 is 0 Å². The van der Waals surface area contributed by atoms with Crippen LogP contribution in [0.1, 0.15) is 107 Å². The molecule has 8 nitrogen and oxygen atoms in total. The third-order valence-electron chi connectivity index (χ3n) is 10.9. The molecule has 8 rings (SSSR count). The number of hydrogen-bond donors (Lipinski definition) is 4. The Bertz CT molecular complexity index is 2700. The van der Waals surface area contributed by atoms with Crippen molar-refractivity contribution < 1.29 is 63.5 Å². The molecule has 2 aliphatic carbocycles. The lowest BCUT2D eigenvalue weighted by Crippen LogP contribution is -2.20. The van der Waals surface area contributed by atoms with Crippen molar-refractivity contribution >= 4 is 61.0 Å². The maximum absolute atomic E-state index is 12.9. The number of nitrogens with two attached hydrogens (primary N) is 1. The maximum atomic E-state index is 12.9. The molecule has 4 aliphatic rings. The molecule has 16 heteroatoms. The van der Waals surface area contributed by atoms with Crippen molar-refractivity contribution in [1.29, 1.82) is 0 Å². The minimum atomic E-state index is -4.44. The Morgan fingerprint density at radius 2 is 1.28 bits per heavy atom. The van der Waals surface area contributed by atoms with Crippen molar-refractivity contribution in [3.8, 4) is 47.5 Å². The number of carbonyl (C=O) groups is 2. The molecule has 0 aromatic heterocycles. The summed E-state index contributed by atoms with van der Waals surface area (Å²) >= 11 is 0. The Labute approximate surface area is 434 Å². The lowest BCUT2D eigenvalue weighted by atomic mass is 9.85. The van der Waals surface area contributed by atoms with Crippen LogP contribution in [0, 0.1) is 36.0 Å². The standard InChI is InChI=1S/C23H21F3O3.C12H9F3O3.C10H13NO.C7H4.C2H6.CH4.B.HI/c24-23(25,26)17-5-7-20-16(8-9-29-22(20)12-17)11-19(28)10-15-3-1-2-14-4-6-18(27)13-21(14)15;13-12(14,15)8-1-2-9-7(5-11(16)17)3-4-18-10(9)6-8;11-10-3-1-2-7-4-5-8(12)6-9(7)10;1-3-5-7-6-4-2;1-2;;;/h1-3,5,7,11-12,18,27H,4,6,8-10,13H2;1-2,5-6H,3-4H2,(H,16,17);1-3,8,12H,4-6,11H2;1H,2H3;1-2H3;1H4;;1H/b16-11+;7-5+;;;;;;/t;;8-;;;;;/m..1...../s1/i;;;;1D;1T;;. The van der Waals surface area contributed by atoms with Gasteiger partial charge in [0, 0.05) is 59.7 Å². The van der Waals surface area contributed by atoms with E-state index in [0.29, 0.717) is 48.4 Å². The molecule has 4 aromatic carbocycles. The number of carboxylic acids is 1. The Hall–Kier alpha value is -6.13. The first-order valence-electron chi connectivity index (χ1n) is 23.3. The number of alkyl halides is 6. The van der Waals surface area contributed by atoms with Crippen molar-refractivity contribution in [2.45, 2.75) is 110 Å². The first-order chi connectivity index (χ1) is 33.8. The highest BCUT2D eigenvalue weighted by molar-refractivity contribution is 14.0. The van der Waals surface area contributed by atoms with E-state index < -0.39 is 29.4 Å². The number of ketones is 1. The number of anilines is 1. The van der Waals surface area contributed by atoms with Crippen LogP contribution in [0.25, 0.3) is 11.1 Å². The van der Waals surface area contributed by atoms with E-state index in [1.165, 1.54) is 36.7 Å².